The maximum atomic E-state index is 12.2. The molecule has 0 aliphatic carbocycles. The Morgan fingerprint density at radius 3 is 2.93 bits per heavy atom. The first kappa shape index (κ1) is 18.9. The van der Waals surface area contributed by atoms with Gasteiger partial charge in [0, 0.05) is 47.0 Å². The van der Waals surface area contributed by atoms with E-state index in [0.717, 1.165) is 16.3 Å². The molecule has 0 fully saturated rings. The van der Waals surface area contributed by atoms with E-state index in [4.69, 9.17) is 0 Å². The van der Waals surface area contributed by atoms with E-state index in [1.165, 1.54) is 22.7 Å². The van der Waals surface area contributed by atoms with Crippen molar-refractivity contribution in [3.63, 3.8) is 0 Å². The fourth-order valence-corrected chi connectivity index (χ4v) is 3.64. The van der Waals surface area contributed by atoms with Crippen LogP contribution >= 0.6 is 22.7 Å². The van der Waals surface area contributed by atoms with Gasteiger partial charge in [0.05, 0.1) is 5.69 Å². The van der Waals surface area contributed by atoms with E-state index in [1.807, 2.05) is 43.7 Å². The van der Waals surface area contributed by atoms with Crippen LogP contribution in [-0.4, -0.2) is 27.2 Å². The molecular weight excluding hydrogens is 380 g/mol. The molecule has 2 N–H and O–H groups in total. The minimum atomic E-state index is -0.380. The molecule has 0 aromatic carbocycles. The number of carbonyl (C=O) groups excluding carboxylic acids is 1. The standard InChI is InChI=1S/C18H18N6OS2/c1-3-6-19-8-12(2)14-10-27-18(21-14)24-17(25)23-15-11-26-16(22-15)13-5-4-7-20-9-13/h3-12H,1-2H3,(H2,21,23,24,25)/b6-3-,19-8?. The predicted octanol–water partition coefficient (Wildman–Crippen LogP) is 5.01. The van der Waals surface area contributed by atoms with Crippen LogP contribution < -0.4 is 10.6 Å². The topological polar surface area (TPSA) is 92.2 Å². The Kier molecular flexibility index (Phi) is 6.39. The van der Waals surface area contributed by atoms with Crippen LogP contribution in [0.1, 0.15) is 25.5 Å². The maximum Gasteiger partial charge on any atom is 0.326 e. The van der Waals surface area contributed by atoms with Crippen molar-refractivity contribution in [3.05, 3.63) is 53.3 Å². The van der Waals surface area contributed by atoms with Crippen LogP contribution in [0.4, 0.5) is 15.7 Å². The third kappa shape index (κ3) is 5.28. The van der Waals surface area contributed by atoms with Gasteiger partial charge >= 0.3 is 6.03 Å². The number of hydrogen-bond acceptors (Lipinski definition) is 7. The first-order valence-electron chi connectivity index (χ1n) is 8.19. The molecule has 3 rings (SSSR count). The van der Waals surface area contributed by atoms with Gasteiger partial charge in [-0.05, 0) is 19.1 Å². The normalized spacial score (nSPS) is 12.5. The Bertz CT molecular complexity index is 948. The molecule has 0 radical (unpaired) electrons. The van der Waals surface area contributed by atoms with Gasteiger partial charge in [0.25, 0.3) is 0 Å². The third-order valence-corrected chi connectivity index (χ3v) is 5.08. The van der Waals surface area contributed by atoms with Crippen LogP contribution in [0, 0.1) is 0 Å². The van der Waals surface area contributed by atoms with E-state index in [2.05, 4.69) is 30.6 Å². The predicted molar refractivity (Wildman–Crippen MR) is 112 cm³/mol. The molecule has 138 valence electrons. The highest BCUT2D eigenvalue weighted by Crippen LogP contribution is 2.25. The summed E-state index contributed by atoms with van der Waals surface area (Å²) in [7, 11) is 0. The van der Waals surface area contributed by atoms with Crippen molar-refractivity contribution in [2.75, 3.05) is 10.6 Å². The van der Waals surface area contributed by atoms with Gasteiger partial charge in [0.2, 0.25) is 0 Å². The van der Waals surface area contributed by atoms with Crippen LogP contribution in [0.25, 0.3) is 10.6 Å². The summed E-state index contributed by atoms with van der Waals surface area (Å²) in [5, 5.41) is 10.5. The summed E-state index contributed by atoms with van der Waals surface area (Å²) < 4.78 is 0. The van der Waals surface area contributed by atoms with Crippen molar-refractivity contribution in [1.29, 1.82) is 0 Å². The number of thiazole rings is 2. The molecule has 0 aliphatic rings. The lowest BCUT2D eigenvalue weighted by Gasteiger charge is -2.02. The van der Waals surface area contributed by atoms with Crippen LogP contribution in [0.2, 0.25) is 0 Å². The number of urea groups is 1. The second-order valence-electron chi connectivity index (χ2n) is 5.51. The van der Waals surface area contributed by atoms with Crippen molar-refractivity contribution >= 4 is 45.9 Å². The Labute approximate surface area is 165 Å². The molecular formula is C18H18N6OS2. The monoisotopic (exact) mass is 398 g/mol. The largest absolute Gasteiger partial charge is 0.326 e. The highest BCUT2D eigenvalue weighted by atomic mass is 32.1. The molecule has 0 saturated carbocycles. The zero-order valence-electron chi connectivity index (χ0n) is 14.8. The van der Waals surface area contributed by atoms with E-state index in [-0.39, 0.29) is 11.9 Å². The van der Waals surface area contributed by atoms with Crippen LogP contribution in [0.5, 0.6) is 0 Å². The number of anilines is 2. The van der Waals surface area contributed by atoms with E-state index in [0.29, 0.717) is 10.9 Å². The molecule has 3 heterocycles. The van der Waals surface area contributed by atoms with Gasteiger partial charge < -0.3 is 0 Å². The molecule has 2 amide bonds. The lowest BCUT2D eigenvalue weighted by molar-refractivity contribution is 0.262. The summed E-state index contributed by atoms with van der Waals surface area (Å²) in [6.45, 7) is 3.91. The smallest absolute Gasteiger partial charge is 0.291 e. The molecule has 0 spiro atoms. The molecule has 3 aromatic rings. The van der Waals surface area contributed by atoms with Gasteiger partial charge in [-0.15, -0.1) is 22.7 Å². The number of aliphatic imine (C=N–C) groups is 1. The van der Waals surface area contributed by atoms with E-state index in [1.54, 1.807) is 24.0 Å². The van der Waals surface area contributed by atoms with E-state index >= 15 is 0 Å². The number of nitrogens with one attached hydrogen (secondary N) is 2. The van der Waals surface area contributed by atoms with Crippen molar-refractivity contribution < 1.29 is 4.79 Å². The first-order chi connectivity index (χ1) is 13.2. The Morgan fingerprint density at radius 1 is 1.26 bits per heavy atom. The van der Waals surface area contributed by atoms with E-state index in [9.17, 15) is 4.79 Å². The summed E-state index contributed by atoms with van der Waals surface area (Å²) in [6.07, 6.45) is 8.84. The number of hydrogen-bond donors (Lipinski definition) is 2. The lowest BCUT2D eigenvalue weighted by Crippen LogP contribution is -2.19. The van der Waals surface area contributed by atoms with Crippen molar-refractivity contribution in [2.45, 2.75) is 19.8 Å². The van der Waals surface area contributed by atoms with Gasteiger partial charge in [-0.1, -0.05) is 13.0 Å². The molecule has 1 atom stereocenters. The fraction of sp³-hybridized carbons (Fsp3) is 0.167. The van der Waals surface area contributed by atoms with Gasteiger partial charge in [-0.2, -0.15) is 0 Å². The summed E-state index contributed by atoms with van der Waals surface area (Å²) in [6, 6.07) is 3.39. The van der Waals surface area contributed by atoms with Gasteiger partial charge in [0.1, 0.15) is 10.8 Å². The molecule has 27 heavy (non-hydrogen) atoms. The second-order valence-corrected chi connectivity index (χ2v) is 7.22. The van der Waals surface area contributed by atoms with Crippen LogP contribution in [0.15, 0.2) is 52.6 Å². The van der Waals surface area contributed by atoms with Crippen molar-refractivity contribution in [1.82, 2.24) is 15.0 Å². The SMILES string of the molecule is C/C=C\N=CC(C)c1csc(NC(=O)Nc2csc(-c3cccnc3)n2)n1. The summed E-state index contributed by atoms with van der Waals surface area (Å²) in [4.78, 5) is 29.3. The highest BCUT2D eigenvalue weighted by Gasteiger charge is 2.12. The number of pyridine rings is 1. The molecule has 0 bridgehead atoms. The van der Waals surface area contributed by atoms with Gasteiger partial charge in [-0.3, -0.25) is 20.6 Å². The van der Waals surface area contributed by atoms with Crippen LogP contribution in [0.3, 0.4) is 0 Å². The third-order valence-electron chi connectivity index (χ3n) is 3.41. The minimum absolute atomic E-state index is 0.0663. The second kappa shape index (κ2) is 9.15. The fourth-order valence-electron chi connectivity index (χ4n) is 2.09. The Hall–Kier alpha value is -2.91. The Balaban J connectivity index is 1.58. The number of amides is 2. The lowest BCUT2D eigenvalue weighted by atomic mass is 10.1. The molecule has 0 saturated heterocycles. The van der Waals surface area contributed by atoms with Crippen LogP contribution in [-0.2, 0) is 0 Å². The van der Waals surface area contributed by atoms with Gasteiger partial charge in [0.15, 0.2) is 5.13 Å². The number of rotatable bonds is 6. The van der Waals surface area contributed by atoms with E-state index < -0.39 is 0 Å². The quantitative estimate of drug-likeness (QED) is 0.571. The molecule has 1 unspecified atom stereocenters. The first-order valence-corrected chi connectivity index (χ1v) is 9.95. The average molecular weight is 399 g/mol. The number of nitrogens with zero attached hydrogens (tertiary/aromatic N) is 4. The number of carbonyl (C=O) groups is 1. The molecule has 7 nitrogen and oxygen atoms in total. The Morgan fingerprint density at radius 2 is 2.15 bits per heavy atom. The summed E-state index contributed by atoms with van der Waals surface area (Å²) >= 11 is 2.81. The number of allylic oxidation sites excluding steroid dienone is 1. The van der Waals surface area contributed by atoms with Crippen molar-refractivity contribution in [3.8, 4) is 10.6 Å². The maximum absolute atomic E-state index is 12.2. The number of aromatic nitrogens is 3. The van der Waals surface area contributed by atoms with Crippen molar-refractivity contribution in [2.24, 2.45) is 4.99 Å². The summed E-state index contributed by atoms with van der Waals surface area (Å²) in [5.41, 5.74) is 1.77. The van der Waals surface area contributed by atoms with Gasteiger partial charge in [-0.25, -0.2) is 14.8 Å². The average Bonchev–Trinajstić information content (AvgIpc) is 3.32. The molecule has 0 aliphatic heterocycles. The molecule has 3 aromatic heterocycles. The zero-order valence-corrected chi connectivity index (χ0v) is 16.4. The molecule has 9 heteroatoms. The minimum Gasteiger partial charge on any atom is -0.291 e. The highest BCUT2D eigenvalue weighted by molar-refractivity contribution is 7.14. The zero-order chi connectivity index (χ0) is 19.1. The summed E-state index contributed by atoms with van der Waals surface area (Å²) in [5.74, 6) is 0.552.